The molecular formula is C18H16ClNO3. The number of aromatic nitrogens is 1. The third-order valence-electron chi connectivity index (χ3n) is 3.80. The third kappa shape index (κ3) is 3.32. The van der Waals surface area contributed by atoms with Crippen molar-refractivity contribution >= 4 is 28.5 Å². The van der Waals surface area contributed by atoms with Crippen LogP contribution in [0.3, 0.4) is 0 Å². The fourth-order valence-corrected chi connectivity index (χ4v) is 2.81. The zero-order valence-electron chi connectivity index (χ0n) is 12.6. The summed E-state index contributed by atoms with van der Waals surface area (Å²) < 4.78 is 5.71. The Hall–Kier alpha value is -2.46. The first-order valence-electron chi connectivity index (χ1n) is 7.27. The van der Waals surface area contributed by atoms with Crippen LogP contribution in [0, 0.1) is 6.92 Å². The minimum Gasteiger partial charge on any atom is -0.493 e. The molecule has 4 nitrogen and oxygen atoms in total. The van der Waals surface area contributed by atoms with Crippen LogP contribution in [-0.4, -0.2) is 22.7 Å². The van der Waals surface area contributed by atoms with Crippen molar-refractivity contribution in [1.82, 2.24) is 4.98 Å². The molecule has 1 aromatic heterocycles. The third-order valence-corrected chi connectivity index (χ3v) is 4.04. The highest BCUT2D eigenvalue weighted by atomic mass is 35.5. The number of hydrogen-bond acceptors (Lipinski definition) is 2. The van der Waals surface area contributed by atoms with Gasteiger partial charge in [0.25, 0.3) is 0 Å². The predicted molar refractivity (Wildman–Crippen MR) is 90.6 cm³/mol. The van der Waals surface area contributed by atoms with Gasteiger partial charge in [0.15, 0.2) is 0 Å². The first kappa shape index (κ1) is 15.4. The van der Waals surface area contributed by atoms with Gasteiger partial charge in [0, 0.05) is 28.0 Å². The molecule has 2 aromatic carbocycles. The largest absolute Gasteiger partial charge is 0.493 e. The van der Waals surface area contributed by atoms with E-state index in [1.54, 1.807) is 12.1 Å². The van der Waals surface area contributed by atoms with E-state index >= 15 is 0 Å². The molecule has 0 aliphatic carbocycles. The van der Waals surface area contributed by atoms with E-state index in [4.69, 9.17) is 21.4 Å². The lowest BCUT2D eigenvalue weighted by Gasteiger charge is -2.07. The molecule has 0 bridgehead atoms. The molecule has 5 heteroatoms. The number of benzene rings is 2. The van der Waals surface area contributed by atoms with Crippen LogP contribution in [-0.2, 0) is 6.42 Å². The molecule has 0 amide bonds. The second-order valence-corrected chi connectivity index (χ2v) is 5.78. The average Bonchev–Trinajstić information content (AvgIpc) is 2.83. The molecule has 0 unspecified atom stereocenters. The monoisotopic (exact) mass is 329 g/mol. The van der Waals surface area contributed by atoms with Crippen molar-refractivity contribution in [3.05, 3.63) is 64.3 Å². The van der Waals surface area contributed by atoms with Gasteiger partial charge in [-0.1, -0.05) is 11.6 Å². The Morgan fingerprint density at radius 3 is 2.65 bits per heavy atom. The van der Waals surface area contributed by atoms with E-state index in [-0.39, 0.29) is 5.56 Å². The Balaban J connectivity index is 1.70. The number of nitrogens with one attached hydrogen (secondary N) is 1. The molecule has 0 saturated carbocycles. The normalized spacial score (nSPS) is 10.9. The Bertz CT molecular complexity index is 853. The van der Waals surface area contributed by atoms with Crippen molar-refractivity contribution in [2.24, 2.45) is 0 Å². The van der Waals surface area contributed by atoms with E-state index in [0.717, 1.165) is 23.0 Å². The lowest BCUT2D eigenvalue weighted by Crippen LogP contribution is -2.02. The first-order valence-corrected chi connectivity index (χ1v) is 7.65. The van der Waals surface area contributed by atoms with Crippen LogP contribution in [0.25, 0.3) is 10.9 Å². The molecule has 0 atom stereocenters. The van der Waals surface area contributed by atoms with E-state index in [1.807, 2.05) is 25.1 Å². The molecular weight excluding hydrogens is 314 g/mol. The van der Waals surface area contributed by atoms with Crippen molar-refractivity contribution in [2.45, 2.75) is 13.3 Å². The summed E-state index contributed by atoms with van der Waals surface area (Å²) in [6.45, 7) is 2.54. The molecule has 3 rings (SSSR count). The second-order valence-electron chi connectivity index (χ2n) is 5.35. The van der Waals surface area contributed by atoms with Gasteiger partial charge in [0.2, 0.25) is 0 Å². The maximum absolute atomic E-state index is 10.8. The van der Waals surface area contributed by atoms with Gasteiger partial charge in [-0.05, 0) is 55.0 Å². The molecule has 0 saturated heterocycles. The lowest BCUT2D eigenvalue weighted by molar-refractivity contribution is 0.0697. The van der Waals surface area contributed by atoms with Gasteiger partial charge >= 0.3 is 5.97 Å². The van der Waals surface area contributed by atoms with Crippen LogP contribution in [0.2, 0.25) is 5.02 Å². The molecule has 0 spiro atoms. The smallest absolute Gasteiger partial charge is 0.335 e. The van der Waals surface area contributed by atoms with Crippen LogP contribution in [0.1, 0.15) is 21.6 Å². The van der Waals surface area contributed by atoms with Crippen LogP contribution in [0.4, 0.5) is 0 Å². The van der Waals surface area contributed by atoms with Crippen molar-refractivity contribution in [3.8, 4) is 5.75 Å². The van der Waals surface area contributed by atoms with E-state index in [2.05, 4.69) is 4.98 Å². The van der Waals surface area contributed by atoms with Gasteiger partial charge in [0.1, 0.15) is 5.75 Å². The number of aryl methyl sites for hydroxylation is 1. The summed E-state index contributed by atoms with van der Waals surface area (Å²) in [4.78, 5) is 14.2. The number of aromatic carboxylic acids is 1. The number of H-pyrrole nitrogens is 1. The zero-order valence-corrected chi connectivity index (χ0v) is 13.4. The van der Waals surface area contributed by atoms with E-state index < -0.39 is 5.97 Å². The summed E-state index contributed by atoms with van der Waals surface area (Å²) in [6.07, 6.45) is 0.743. The fourth-order valence-electron chi connectivity index (χ4n) is 2.64. The summed E-state index contributed by atoms with van der Waals surface area (Å²) >= 11 is 6.08. The molecule has 23 heavy (non-hydrogen) atoms. The number of carboxylic acid groups (broad SMARTS) is 1. The number of carboxylic acids is 1. The van der Waals surface area contributed by atoms with Crippen molar-refractivity contribution in [2.75, 3.05) is 6.61 Å². The second kappa shape index (κ2) is 6.34. The summed E-state index contributed by atoms with van der Waals surface area (Å²) in [5, 5.41) is 10.7. The number of halogens is 1. The van der Waals surface area contributed by atoms with Gasteiger partial charge in [-0.15, -0.1) is 0 Å². The minimum atomic E-state index is -0.942. The highest BCUT2D eigenvalue weighted by Gasteiger charge is 2.09. The number of carbonyl (C=O) groups is 1. The lowest BCUT2D eigenvalue weighted by atomic mass is 10.1. The van der Waals surface area contributed by atoms with Gasteiger partial charge in [-0.2, -0.15) is 0 Å². The quantitative estimate of drug-likeness (QED) is 0.727. The molecule has 0 fully saturated rings. The number of rotatable bonds is 5. The number of fused-ring (bicyclic) bond motifs is 1. The maximum Gasteiger partial charge on any atom is 0.335 e. The Kier molecular flexibility index (Phi) is 4.26. The Morgan fingerprint density at radius 1 is 1.22 bits per heavy atom. The highest BCUT2D eigenvalue weighted by Crippen LogP contribution is 2.26. The minimum absolute atomic E-state index is 0.250. The maximum atomic E-state index is 10.8. The summed E-state index contributed by atoms with van der Waals surface area (Å²) in [5.41, 5.74) is 3.60. The summed E-state index contributed by atoms with van der Waals surface area (Å²) in [7, 11) is 0. The van der Waals surface area contributed by atoms with Gasteiger partial charge < -0.3 is 14.8 Å². The van der Waals surface area contributed by atoms with Crippen LogP contribution in [0.5, 0.6) is 5.75 Å². The van der Waals surface area contributed by atoms with E-state index in [1.165, 1.54) is 17.7 Å². The first-order chi connectivity index (χ1) is 11.0. The SMILES string of the molecule is Cc1[nH]c2ccc(Cl)cc2c1CCOc1ccc(C(=O)O)cc1. The average molecular weight is 330 g/mol. The molecule has 118 valence electrons. The molecule has 0 aliphatic heterocycles. The predicted octanol–water partition coefficient (Wildman–Crippen LogP) is 4.45. The summed E-state index contributed by atoms with van der Waals surface area (Å²) in [6, 6.07) is 12.2. The van der Waals surface area contributed by atoms with Gasteiger partial charge in [-0.25, -0.2) is 4.79 Å². The fraction of sp³-hybridized carbons (Fsp3) is 0.167. The van der Waals surface area contributed by atoms with Gasteiger partial charge in [-0.3, -0.25) is 0 Å². The van der Waals surface area contributed by atoms with Crippen LogP contribution in [0.15, 0.2) is 42.5 Å². The Labute approximate surface area is 138 Å². The molecule has 0 aliphatic rings. The van der Waals surface area contributed by atoms with E-state index in [9.17, 15) is 4.79 Å². The number of hydrogen-bond donors (Lipinski definition) is 2. The topological polar surface area (TPSA) is 62.3 Å². The summed E-state index contributed by atoms with van der Waals surface area (Å²) in [5.74, 6) is -0.284. The number of aromatic amines is 1. The molecule has 0 radical (unpaired) electrons. The molecule has 3 aromatic rings. The number of ether oxygens (including phenoxy) is 1. The molecule has 2 N–H and O–H groups in total. The zero-order chi connectivity index (χ0) is 16.4. The molecule has 1 heterocycles. The standard InChI is InChI=1S/C18H16ClNO3/c1-11-15(16-10-13(19)4-7-17(16)20-11)8-9-23-14-5-2-12(3-6-14)18(21)22/h2-7,10,20H,8-9H2,1H3,(H,21,22). The van der Waals surface area contributed by atoms with Crippen molar-refractivity contribution < 1.29 is 14.6 Å². The highest BCUT2D eigenvalue weighted by molar-refractivity contribution is 6.31. The van der Waals surface area contributed by atoms with Gasteiger partial charge in [0.05, 0.1) is 12.2 Å². The Morgan fingerprint density at radius 2 is 1.96 bits per heavy atom. The van der Waals surface area contributed by atoms with Crippen molar-refractivity contribution in [3.63, 3.8) is 0 Å². The van der Waals surface area contributed by atoms with Crippen molar-refractivity contribution in [1.29, 1.82) is 0 Å². The van der Waals surface area contributed by atoms with E-state index in [0.29, 0.717) is 17.4 Å². The van der Waals surface area contributed by atoms with Crippen LogP contribution < -0.4 is 4.74 Å². The van der Waals surface area contributed by atoms with Crippen LogP contribution >= 0.6 is 11.6 Å².